The van der Waals surface area contributed by atoms with Crippen molar-refractivity contribution in [2.75, 3.05) is 7.05 Å². The Kier molecular flexibility index (Phi) is 2.85. The number of carbonyl (C=O) groups is 1. The Morgan fingerprint density at radius 1 is 1.58 bits per heavy atom. The molecule has 19 heavy (non-hydrogen) atoms. The molecule has 0 saturated carbocycles. The summed E-state index contributed by atoms with van der Waals surface area (Å²) in [6.45, 7) is 0. The first kappa shape index (κ1) is 12.0. The van der Waals surface area contributed by atoms with Crippen molar-refractivity contribution < 1.29 is 4.79 Å². The van der Waals surface area contributed by atoms with Crippen LogP contribution in [0.1, 0.15) is 17.7 Å². The average molecular weight is 259 g/mol. The second-order valence-electron chi connectivity index (χ2n) is 4.99. The molecule has 6 nitrogen and oxygen atoms in total. The van der Waals surface area contributed by atoms with Crippen LogP contribution < -0.4 is 5.32 Å². The van der Waals surface area contributed by atoms with Gasteiger partial charge in [-0.15, -0.1) is 0 Å². The molecule has 2 aromatic rings. The van der Waals surface area contributed by atoms with E-state index in [2.05, 4.69) is 20.6 Å². The number of aromatic nitrogens is 4. The minimum atomic E-state index is 0.0468. The molecule has 1 amide bonds. The van der Waals surface area contributed by atoms with Crippen LogP contribution in [0.5, 0.6) is 0 Å². The Balaban J connectivity index is 1.94. The molecule has 0 radical (unpaired) electrons. The number of aryl methyl sites for hydroxylation is 2. The monoisotopic (exact) mass is 259 g/mol. The molecule has 6 heteroatoms. The van der Waals surface area contributed by atoms with E-state index in [0.717, 1.165) is 41.8 Å². The Hall–Kier alpha value is -2.11. The molecule has 100 valence electrons. The van der Waals surface area contributed by atoms with E-state index in [4.69, 9.17) is 0 Å². The van der Waals surface area contributed by atoms with Gasteiger partial charge in [0.05, 0.1) is 11.9 Å². The van der Waals surface area contributed by atoms with Crippen LogP contribution in [0, 0.1) is 5.92 Å². The Morgan fingerprint density at radius 2 is 2.42 bits per heavy atom. The Morgan fingerprint density at radius 3 is 3.11 bits per heavy atom. The minimum absolute atomic E-state index is 0.0468. The van der Waals surface area contributed by atoms with Crippen molar-refractivity contribution in [2.24, 2.45) is 13.0 Å². The molecule has 1 unspecified atom stereocenters. The summed E-state index contributed by atoms with van der Waals surface area (Å²) in [5.41, 5.74) is 4.24. The molecule has 2 N–H and O–H groups in total. The summed E-state index contributed by atoms with van der Waals surface area (Å²) in [4.78, 5) is 11.8. The third-order valence-electron chi connectivity index (χ3n) is 3.74. The molecule has 3 rings (SSSR count). The van der Waals surface area contributed by atoms with Gasteiger partial charge in [0.25, 0.3) is 0 Å². The first-order chi connectivity index (χ1) is 9.19. The molecule has 0 aromatic carbocycles. The molecule has 2 aromatic heterocycles. The van der Waals surface area contributed by atoms with Gasteiger partial charge in [-0.3, -0.25) is 14.6 Å². The number of carbonyl (C=O) groups excluding carboxylic acids is 1. The molecule has 0 spiro atoms. The van der Waals surface area contributed by atoms with Gasteiger partial charge in [-0.1, -0.05) is 0 Å². The van der Waals surface area contributed by atoms with E-state index < -0.39 is 0 Å². The van der Waals surface area contributed by atoms with Gasteiger partial charge in [0.2, 0.25) is 5.91 Å². The molecule has 1 aliphatic carbocycles. The smallest absolute Gasteiger partial charge is 0.223 e. The highest BCUT2D eigenvalue weighted by Crippen LogP contribution is 2.31. The highest BCUT2D eigenvalue weighted by molar-refractivity contribution is 5.79. The van der Waals surface area contributed by atoms with Crippen molar-refractivity contribution in [3.05, 3.63) is 23.7 Å². The van der Waals surface area contributed by atoms with Crippen molar-refractivity contribution in [2.45, 2.75) is 19.3 Å². The first-order valence-corrected chi connectivity index (χ1v) is 6.45. The van der Waals surface area contributed by atoms with Gasteiger partial charge in [0.1, 0.15) is 0 Å². The van der Waals surface area contributed by atoms with E-state index in [1.807, 2.05) is 13.2 Å². The van der Waals surface area contributed by atoms with Crippen LogP contribution in [0.25, 0.3) is 11.3 Å². The number of amides is 1. The van der Waals surface area contributed by atoms with Gasteiger partial charge in [0.15, 0.2) is 0 Å². The lowest BCUT2D eigenvalue weighted by atomic mass is 9.85. The van der Waals surface area contributed by atoms with Gasteiger partial charge in [0, 0.05) is 43.0 Å². The van der Waals surface area contributed by atoms with Crippen molar-refractivity contribution in [3.8, 4) is 11.3 Å². The standard InChI is InChI=1S/C13H17N5O/c1-14-13(19)8-3-4-11-10(5-8)12(17-16-11)9-6-15-18(2)7-9/h6-8H,3-5H2,1-2H3,(H,14,19)(H,16,17). The summed E-state index contributed by atoms with van der Waals surface area (Å²) in [5, 5.41) is 14.4. The molecule has 0 bridgehead atoms. The number of rotatable bonds is 2. The summed E-state index contributed by atoms with van der Waals surface area (Å²) in [5.74, 6) is 0.162. The summed E-state index contributed by atoms with van der Waals surface area (Å²) in [6, 6.07) is 0. The third-order valence-corrected chi connectivity index (χ3v) is 3.74. The van der Waals surface area contributed by atoms with Gasteiger partial charge in [-0.25, -0.2) is 0 Å². The summed E-state index contributed by atoms with van der Waals surface area (Å²) < 4.78 is 1.76. The van der Waals surface area contributed by atoms with Crippen molar-refractivity contribution in [3.63, 3.8) is 0 Å². The maximum absolute atomic E-state index is 11.8. The fraction of sp³-hybridized carbons (Fsp3) is 0.462. The zero-order chi connectivity index (χ0) is 13.4. The largest absolute Gasteiger partial charge is 0.359 e. The van der Waals surface area contributed by atoms with Crippen LogP contribution in [0.15, 0.2) is 12.4 Å². The lowest BCUT2D eigenvalue weighted by Crippen LogP contribution is -2.31. The lowest BCUT2D eigenvalue weighted by molar-refractivity contribution is -0.124. The van der Waals surface area contributed by atoms with Gasteiger partial charge < -0.3 is 5.32 Å². The lowest BCUT2D eigenvalue weighted by Gasteiger charge is -2.20. The van der Waals surface area contributed by atoms with E-state index >= 15 is 0 Å². The van der Waals surface area contributed by atoms with Gasteiger partial charge in [-0.05, 0) is 19.3 Å². The van der Waals surface area contributed by atoms with E-state index in [1.165, 1.54) is 0 Å². The van der Waals surface area contributed by atoms with Crippen LogP contribution >= 0.6 is 0 Å². The highest BCUT2D eigenvalue weighted by atomic mass is 16.1. The molecule has 2 heterocycles. The highest BCUT2D eigenvalue weighted by Gasteiger charge is 2.28. The van der Waals surface area contributed by atoms with E-state index in [1.54, 1.807) is 17.9 Å². The fourth-order valence-electron chi connectivity index (χ4n) is 2.71. The number of H-pyrrole nitrogens is 1. The Labute approximate surface area is 111 Å². The second kappa shape index (κ2) is 4.53. The van der Waals surface area contributed by atoms with Crippen LogP contribution in [0.3, 0.4) is 0 Å². The van der Waals surface area contributed by atoms with E-state index in [9.17, 15) is 4.79 Å². The molecule has 1 aliphatic rings. The summed E-state index contributed by atoms with van der Waals surface area (Å²) in [6.07, 6.45) is 6.25. The molecule has 0 aliphatic heterocycles. The zero-order valence-corrected chi connectivity index (χ0v) is 11.1. The predicted molar refractivity (Wildman–Crippen MR) is 70.4 cm³/mol. The fourth-order valence-corrected chi connectivity index (χ4v) is 2.71. The maximum atomic E-state index is 11.8. The van der Waals surface area contributed by atoms with Crippen LogP contribution in [0.2, 0.25) is 0 Å². The number of hydrogen-bond donors (Lipinski definition) is 2. The topological polar surface area (TPSA) is 75.6 Å². The second-order valence-corrected chi connectivity index (χ2v) is 4.99. The minimum Gasteiger partial charge on any atom is -0.359 e. The zero-order valence-electron chi connectivity index (χ0n) is 11.1. The van der Waals surface area contributed by atoms with Gasteiger partial charge in [-0.2, -0.15) is 10.2 Å². The first-order valence-electron chi connectivity index (χ1n) is 6.45. The van der Waals surface area contributed by atoms with Crippen LogP contribution in [0.4, 0.5) is 0 Å². The summed E-state index contributed by atoms with van der Waals surface area (Å²) >= 11 is 0. The molecule has 0 saturated heterocycles. The average Bonchev–Trinajstić information content (AvgIpc) is 3.02. The van der Waals surface area contributed by atoms with Crippen molar-refractivity contribution >= 4 is 5.91 Å². The number of aromatic amines is 1. The van der Waals surface area contributed by atoms with Crippen LogP contribution in [-0.2, 0) is 24.7 Å². The molecular formula is C13H17N5O. The van der Waals surface area contributed by atoms with E-state index in [0.29, 0.717) is 0 Å². The number of hydrogen-bond acceptors (Lipinski definition) is 3. The van der Waals surface area contributed by atoms with Gasteiger partial charge >= 0.3 is 0 Å². The quantitative estimate of drug-likeness (QED) is 0.832. The van der Waals surface area contributed by atoms with E-state index in [-0.39, 0.29) is 11.8 Å². The number of fused-ring (bicyclic) bond motifs is 1. The molecular weight excluding hydrogens is 242 g/mol. The SMILES string of the molecule is CNC(=O)C1CCc2[nH]nc(-c3cnn(C)c3)c2C1. The third kappa shape index (κ3) is 2.03. The Bertz CT molecular complexity index is 612. The maximum Gasteiger partial charge on any atom is 0.223 e. The predicted octanol–water partition coefficient (Wildman–Crippen LogP) is 0.661. The van der Waals surface area contributed by atoms with Crippen LogP contribution in [-0.4, -0.2) is 32.9 Å². The van der Waals surface area contributed by atoms with Crippen molar-refractivity contribution in [1.82, 2.24) is 25.3 Å². The summed E-state index contributed by atoms with van der Waals surface area (Å²) in [7, 11) is 3.57. The number of nitrogens with one attached hydrogen (secondary N) is 2. The molecule has 1 atom stereocenters. The normalized spacial score (nSPS) is 18.1. The number of nitrogens with zero attached hydrogens (tertiary/aromatic N) is 3. The molecule has 0 fully saturated rings. The van der Waals surface area contributed by atoms with Crippen molar-refractivity contribution in [1.29, 1.82) is 0 Å².